The average Bonchev–Trinajstić information content (AvgIpc) is 3.68. The van der Waals surface area contributed by atoms with Crippen LogP contribution in [0.3, 0.4) is 0 Å². The van der Waals surface area contributed by atoms with Crippen LogP contribution in [0.2, 0.25) is 0 Å². The molecule has 58 heavy (non-hydrogen) atoms. The van der Waals surface area contributed by atoms with Crippen LogP contribution in [0.1, 0.15) is 53.4 Å². The number of esters is 5. The lowest BCUT2D eigenvalue weighted by molar-refractivity contribution is -0.249. The second kappa shape index (κ2) is 19.6. The van der Waals surface area contributed by atoms with E-state index in [0.717, 1.165) is 25.6 Å². The molecule has 2 aliphatic rings. The first kappa shape index (κ1) is 42.7. The lowest BCUT2D eigenvalue weighted by atomic mass is 9.95. The molecule has 0 spiro atoms. The van der Waals surface area contributed by atoms with Crippen molar-refractivity contribution in [1.29, 1.82) is 0 Å². The van der Waals surface area contributed by atoms with E-state index in [0.29, 0.717) is 0 Å². The lowest BCUT2D eigenvalue weighted by Gasteiger charge is -2.44. The molecule has 308 valence electrons. The van der Waals surface area contributed by atoms with Crippen LogP contribution in [0.15, 0.2) is 72.0 Å². The number of carbonyl (C=O) groups excluding carboxylic acids is 6. The van der Waals surface area contributed by atoms with Gasteiger partial charge in [0.1, 0.15) is 36.7 Å². The molecule has 0 unspecified atom stereocenters. The molecular weight excluding hydrogens is 770 g/mol. The maximum Gasteiger partial charge on any atom is 0.338 e. The molecule has 1 aromatic heterocycles. The third-order valence-corrected chi connectivity index (χ3v) is 8.67. The van der Waals surface area contributed by atoms with Gasteiger partial charge in [-0.15, -0.1) is 5.10 Å². The molecule has 2 aromatic carbocycles. The highest BCUT2D eigenvalue weighted by Gasteiger charge is 2.54. The summed E-state index contributed by atoms with van der Waals surface area (Å²) in [5, 5.41) is 25.7. The van der Waals surface area contributed by atoms with E-state index in [2.05, 4.69) is 25.7 Å². The minimum Gasteiger partial charge on any atom is -0.467 e. The predicted molar refractivity (Wildman–Crippen MR) is 189 cm³/mol. The van der Waals surface area contributed by atoms with Gasteiger partial charge in [-0.3, -0.25) is 14.4 Å². The topological polar surface area (TPSA) is 288 Å². The van der Waals surface area contributed by atoms with Gasteiger partial charge in [0.2, 0.25) is 5.91 Å². The highest BCUT2D eigenvalue weighted by molar-refractivity contribution is 5.90. The van der Waals surface area contributed by atoms with Gasteiger partial charge in [0.25, 0.3) is 0 Å². The summed E-state index contributed by atoms with van der Waals surface area (Å²) in [5.41, 5.74) is 9.41. The highest BCUT2D eigenvalue weighted by atomic mass is 16.6. The summed E-state index contributed by atoms with van der Waals surface area (Å²) >= 11 is 0. The molecule has 0 saturated carbocycles. The van der Waals surface area contributed by atoms with Crippen molar-refractivity contribution in [2.24, 2.45) is 5.11 Å². The number of amides is 1. The van der Waals surface area contributed by atoms with Gasteiger partial charge in [-0.05, 0) is 29.8 Å². The molecule has 2 saturated heterocycles. The fourth-order valence-corrected chi connectivity index (χ4v) is 6.17. The van der Waals surface area contributed by atoms with Gasteiger partial charge in [0, 0.05) is 25.7 Å². The van der Waals surface area contributed by atoms with E-state index in [4.69, 9.17) is 37.9 Å². The Bertz CT molecular complexity index is 1990. The summed E-state index contributed by atoms with van der Waals surface area (Å²) in [4.78, 5) is 78.7. The number of benzene rings is 2. The van der Waals surface area contributed by atoms with Crippen molar-refractivity contribution in [2.75, 3.05) is 13.7 Å². The van der Waals surface area contributed by atoms with E-state index in [9.17, 15) is 39.4 Å². The average molecular weight is 810 g/mol. The summed E-state index contributed by atoms with van der Waals surface area (Å²) in [6.07, 6.45) is -12.8. The zero-order valence-corrected chi connectivity index (χ0v) is 31.4. The third-order valence-electron chi connectivity index (χ3n) is 8.67. The van der Waals surface area contributed by atoms with E-state index >= 15 is 0 Å². The van der Waals surface area contributed by atoms with Crippen molar-refractivity contribution in [3.05, 3.63) is 94.1 Å². The van der Waals surface area contributed by atoms with E-state index < -0.39 is 110 Å². The van der Waals surface area contributed by atoms with Crippen LogP contribution in [0, 0.1) is 0 Å². The van der Waals surface area contributed by atoms with Gasteiger partial charge < -0.3 is 48.3 Å². The summed E-state index contributed by atoms with van der Waals surface area (Å²) < 4.78 is 46.1. The molecule has 1 amide bonds. The first-order chi connectivity index (χ1) is 27.8. The van der Waals surface area contributed by atoms with Crippen molar-refractivity contribution < 1.29 is 71.8 Å². The largest absolute Gasteiger partial charge is 0.467 e. The van der Waals surface area contributed by atoms with Crippen LogP contribution in [-0.4, -0.2) is 125 Å². The standard InChI is InChI=1S/C36H39N7O15/c1-18(44)38-25-28(54-20(3)46)27(24(17-52-19(2)45)55-32(25)40-41-37)53-16-23-15-43(42-39-23)33-31(58-35(49)22-13-9-6-10-14-22)29(26(47)30(56-33)36(50)51-4)57-34(48)21-11-7-5-8-12-21/h5-15,24-33,47H,16-17H2,1-4H3,(H,38,44)/t24-,25-,26+,27-,28-,29+,30+,31-,32-,33-/m1/s1. The van der Waals surface area contributed by atoms with Crippen LogP contribution in [0.25, 0.3) is 10.4 Å². The van der Waals surface area contributed by atoms with Crippen molar-refractivity contribution in [1.82, 2.24) is 20.3 Å². The van der Waals surface area contributed by atoms with Crippen molar-refractivity contribution in [3.63, 3.8) is 0 Å². The quantitative estimate of drug-likeness (QED) is 0.0757. The van der Waals surface area contributed by atoms with Gasteiger partial charge in [0.15, 0.2) is 36.9 Å². The summed E-state index contributed by atoms with van der Waals surface area (Å²) in [5.74, 6) is -4.99. The van der Waals surface area contributed by atoms with Gasteiger partial charge in [0.05, 0.1) is 31.0 Å². The summed E-state index contributed by atoms with van der Waals surface area (Å²) in [7, 11) is 1.04. The number of ether oxygens (including phenoxy) is 8. The van der Waals surface area contributed by atoms with Crippen molar-refractivity contribution in [3.8, 4) is 0 Å². The Morgan fingerprint density at radius 1 is 0.862 bits per heavy atom. The van der Waals surface area contributed by atoms with Crippen LogP contribution in [0.4, 0.5) is 0 Å². The number of nitrogens with zero attached hydrogens (tertiary/aromatic N) is 6. The summed E-state index contributed by atoms with van der Waals surface area (Å²) in [6, 6.07) is 14.2. The van der Waals surface area contributed by atoms with Crippen LogP contribution in [0.5, 0.6) is 0 Å². The Hall–Kier alpha value is -6.45. The predicted octanol–water partition coefficient (Wildman–Crippen LogP) is 1.08. The Kier molecular flexibility index (Phi) is 14.4. The molecular formula is C36H39N7O15. The number of hydrogen-bond acceptors (Lipinski definition) is 18. The second-order valence-electron chi connectivity index (χ2n) is 12.8. The molecule has 5 rings (SSSR count). The number of azide groups is 1. The fraction of sp³-hybridized carbons (Fsp3) is 0.444. The van der Waals surface area contributed by atoms with Crippen LogP contribution >= 0.6 is 0 Å². The number of aliphatic hydroxyl groups is 1. The number of carbonyl (C=O) groups is 6. The van der Waals surface area contributed by atoms with Crippen LogP contribution in [-0.2, 0) is 63.7 Å². The maximum atomic E-state index is 13.5. The van der Waals surface area contributed by atoms with Gasteiger partial charge in [-0.25, -0.2) is 19.1 Å². The Morgan fingerprint density at radius 3 is 2.03 bits per heavy atom. The molecule has 0 aliphatic carbocycles. The molecule has 10 atom stereocenters. The summed E-state index contributed by atoms with van der Waals surface area (Å²) in [6.45, 7) is 2.50. The minimum atomic E-state index is -1.92. The van der Waals surface area contributed by atoms with E-state index in [1.807, 2.05) is 0 Å². The monoisotopic (exact) mass is 809 g/mol. The van der Waals surface area contributed by atoms with E-state index in [1.165, 1.54) is 37.4 Å². The Morgan fingerprint density at radius 2 is 1.48 bits per heavy atom. The molecule has 2 fully saturated rings. The number of hydrogen-bond donors (Lipinski definition) is 2. The maximum absolute atomic E-state index is 13.5. The molecule has 3 heterocycles. The molecule has 22 nitrogen and oxygen atoms in total. The van der Waals surface area contributed by atoms with Crippen molar-refractivity contribution >= 4 is 35.8 Å². The molecule has 0 radical (unpaired) electrons. The zero-order valence-electron chi connectivity index (χ0n) is 31.4. The van der Waals surface area contributed by atoms with E-state index in [-0.39, 0.29) is 16.8 Å². The van der Waals surface area contributed by atoms with E-state index in [1.54, 1.807) is 36.4 Å². The third kappa shape index (κ3) is 10.5. The Labute approximate surface area is 329 Å². The van der Waals surface area contributed by atoms with Crippen molar-refractivity contribution in [2.45, 2.75) is 88.6 Å². The zero-order chi connectivity index (χ0) is 41.9. The number of methoxy groups -OCH3 is 1. The fourth-order valence-electron chi connectivity index (χ4n) is 6.17. The number of rotatable bonds is 14. The van der Waals surface area contributed by atoms with Crippen LogP contribution < -0.4 is 5.32 Å². The number of aliphatic hydroxyl groups excluding tert-OH is 1. The molecule has 2 aliphatic heterocycles. The Balaban J connectivity index is 1.49. The molecule has 0 bridgehead atoms. The minimum absolute atomic E-state index is 0.0383. The van der Waals surface area contributed by atoms with Gasteiger partial charge >= 0.3 is 29.8 Å². The van der Waals surface area contributed by atoms with Gasteiger partial charge in [-0.2, -0.15) is 0 Å². The highest BCUT2D eigenvalue weighted by Crippen LogP contribution is 2.34. The normalized spacial score (nSPS) is 26.5. The lowest BCUT2D eigenvalue weighted by Crippen LogP contribution is -2.65. The van der Waals surface area contributed by atoms with Gasteiger partial charge in [-0.1, -0.05) is 46.7 Å². The second-order valence-corrected chi connectivity index (χ2v) is 12.8. The number of nitrogens with one attached hydrogen (secondary N) is 1. The molecule has 22 heteroatoms. The SMILES string of the molecule is COC(=O)[C@H]1O[C@@H](n2cc(CO[C@H]3[C@H](OC(C)=O)[C@@H](NC(C)=O)[C@H](N=[N+]=[N-])O[C@@H]3COC(C)=O)nn2)[C@H](OC(=O)c2ccccc2)[C@@H](OC(=O)c2ccccc2)[C@@H]1O. The number of aromatic nitrogens is 3. The molecule has 2 N–H and O–H groups in total. The first-order valence-corrected chi connectivity index (χ1v) is 17.5. The first-order valence-electron chi connectivity index (χ1n) is 17.5. The molecule has 3 aromatic rings. The smallest absolute Gasteiger partial charge is 0.338 e.